The summed E-state index contributed by atoms with van der Waals surface area (Å²) in [4.78, 5) is 15.0. The quantitative estimate of drug-likeness (QED) is 0.185. The summed E-state index contributed by atoms with van der Waals surface area (Å²) in [6.07, 6.45) is 0. The van der Waals surface area contributed by atoms with Gasteiger partial charge in [-0.15, -0.1) is 11.3 Å². The van der Waals surface area contributed by atoms with Gasteiger partial charge in [0.2, 0.25) is 0 Å². The van der Waals surface area contributed by atoms with E-state index in [-0.39, 0.29) is 0 Å². The molecule has 7 aromatic carbocycles. The van der Waals surface area contributed by atoms with Crippen LogP contribution in [0.25, 0.3) is 98.5 Å². The maximum atomic E-state index is 6.53. The molecule has 50 heavy (non-hydrogen) atoms. The Bertz CT molecular complexity index is 2800. The Labute approximate surface area is 292 Å². The Balaban J connectivity index is 1.19. The normalized spacial score (nSPS) is 11.6. The number of aromatic nitrogens is 3. The smallest absolute Gasteiger partial charge is 0.164 e. The van der Waals surface area contributed by atoms with Gasteiger partial charge in [-0.05, 0) is 58.7 Å². The topological polar surface area (TPSA) is 51.8 Å². The summed E-state index contributed by atoms with van der Waals surface area (Å²) in [5.41, 5.74) is 9.03. The van der Waals surface area contributed by atoms with Crippen molar-refractivity contribution in [3.63, 3.8) is 0 Å². The summed E-state index contributed by atoms with van der Waals surface area (Å²) in [5, 5.41) is 4.70. The highest BCUT2D eigenvalue weighted by Crippen LogP contribution is 2.43. The van der Waals surface area contributed by atoms with Gasteiger partial charge in [0.05, 0.1) is 0 Å². The molecule has 0 fully saturated rings. The molecular weight excluding hydrogens is 631 g/mol. The van der Waals surface area contributed by atoms with Crippen molar-refractivity contribution >= 4 is 53.4 Å². The molecule has 0 saturated heterocycles. The summed E-state index contributed by atoms with van der Waals surface area (Å²) in [6, 6.07) is 56.9. The van der Waals surface area contributed by atoms with Crippen LogP contribution in [0.2, 0.25) is 0 Å². The van der Waals surface area contributed by atoms with E-state index in [4.69, 9.17) is 19.4 Å². The molecule has 0 amide bonds. The van der Waals surface area contributed by atoms with Gasteiger partial charge < -0.3 is 4.42 Å². The highest BCUT2D eigenvalue weighted by Gasteiger charge is 2.19. The monoisotopic (exact) mass is 657 g/mol. The van der Waals surface area contributed by atoms with Crippen LogP contribution < -0.4 is 0 Å². The van der Waals surface area contributed by atoms with Gasteiger partial charge >= 0.3 is 0 Å². The van der Waals surface area contributed by atoms with E-state index in [1.165, 1.54) is 31.3 Å². The van der Waals surface area contributed by atoms with Gasteiger partial charge in [0.15, 0.2) is 17.5 Å². The number of nitrogens with zero attached hydrogens (tertiary/aromatic N) is 3. The van der Waals surface area contributed by atoms with Crippen LogP contribution in [0.5, 0.6) is 0 Å². The van der Waals surface area contributed by atoms with E-state index < -0.39 is 0 Å². The lowest BCUT2D eigenvalue weighted by atomic mass is 9.95. The second kappa shape index (κ2) is 11.6. The molecule has 4 nitrogen and oxygen atoms in total. The number of hydrogen-bond acceptors (Lipinski definition) is 5. The van der Waals surface area contributed by atoms with E-state index in [1.807, 2.05) is 84.1 Å². The molecule has 0 radical (unpaired) electrons. The summed E-state index contributed by atoms with van der Waals surface area (Å²) >= 11 is 1.83. The Morgan fingerprint density at radius 3 is 1.66 bits per heavy atom. The average Bonchev–Trinajstić information content (AvgIpc) is 3.76. The molecule has 0 aliphatic carbocycles. The fraction of sp³-hybridized carbons (Fsp3) is 0. The molecular formula is C45H27N3OS. The highest BCUT2D eigenvalue weighted by atomic mass is 32.1. The van der Waals surface area contributed by atoms with Crippen LogP contribution in [0.3, 0.4) is 0 Å². The van der Waals surface area contributed by atoms with Gasteiger partial charge in [0.1, 0.15) is 11.2 Å². The molecule has 0 aliphatic rings. The van der Waals surface area contributed by atoms with Gasteiger partial charge in [-0.2, -0.15) is 0 Å². The lowest BCUT2D eigenvalue weighted by Gasteiger charge is -2.11. The lowest BCUT2D eigenvalue weighted by molar-refractivity contribution is 0.669. The van der Waals surface area contributed by atoms with E-state index in [1.54, 1.807) is 0 Å². The van der Waals surface area contributed by atoms with Crippen molar-refractivity contribution in [2.45, 2.75) is 0 Å². The molecule has 3 aromatic heterocycles. The van der Waals surface area contributed by atoms with Crippen molar-refractivity contribution in [2.75, 3.05) is 0 Å². The van der Waals surface area contributed by atoms with Gasteiger partial charge in [-0.3, -0.25) is 0 Å². The van der Waals surface area contributed by atoms with Gasteiger partial charge in [-0.25, -0.2) is 15.0 Å². The van der Waals surface area contributed by atoms with Crippen molar-refractivity contribution in [2.24, 2.45) is 0 Å². The van der Waals surface area contributed by atoms with Crippen LogP contribution in [0.15, 0.2) is 168 Å². The zero-order valence-corrected chi connectivity index (χ0v) is 27.6. The van der Waals surface area contributed by atoms with Crippen molar-refractivity contribution in [3.05, 3.63) is 164 Å². The third-order valence-electron chi connectivity index (χ3n) is 9.33. The number of fused-ring (bicyclic) bond motifs is 6. The first kappa shape index (κ1) is 28.6. The van der Waals surface area contributed by atoms with Crippen LogP contribution in [0.1, 0.15) is 0 Å². The van der Waals surface area contributed by atoms with E-state index in [0.717, 1.165) is 49.8 Å². The number of rotatable bonds is 5. The van der Waals surface area contributed by atoms with Crippen LogP contribution in [-0.2, 0) is 0 Å². The molecule has 5 heteroatoms. The third-order valence-corrected chi connectivity index (χ3v) is 10.5. The third kappa shape index (κ3) is 4.87. The van der Waals surface area contributed by atoms with E-state index >= 15 is 0 Å². The van der Waals surface area contributed by atoms with E-state index in [9.17, 15) is 0 Å². The second-order valence-corrected chi connectivity index (χ2v) is 13.5. The van der Waals surface area contributed by atoms with Gasteiger partial charge in [0, 0.05) is 47.6 Å². The van der Waals surface area contributed by atoms with Gasteiger partial charge in [-0.1, -0.05) is 127 Å². The largest absolute Gasteiger partial charge is 0.456 e. The minimum absolute atomic E-state index is 0.595. The zero-order chi connectivity index (χ0) is 33.0. The predicted molar refractivity (Wildman–Crippen MR) is 207 cm³/mol. The number of para-hydroxylation sites is 1. The number of furan rings is 1. The standard InChI is InChI=1S/C45H27N3OS/c1-4-12-28(13-5-1)31-21-23-40-37(24-31)34-22-20-32(27-41(34)50-40)36-25-33(26-39-42(36)35-18-10-11-19-38(35)49-39)45-47-43(29-14-6-2-7-15-29)46-44(48-45)30-16-8-3-9-17-30/h1-27H. The van der Waals surface area contributed by atoms with E-state index in [0.29, 0.717) is 17.5 Å². The molecule has 0 N–H and O–H groups in total. The molecule has 10 rings (SSSR count). The number of hydrogen-bond donors (Lipinski definition) is 0. The molecule has 3 heterocycles. The van der Waals surface area contributed by atoms with Crippen molar-refractivity contribution < 1.29 is 4.42 Å². The fourth-order valence-electron chi connectivity index (χ4n) is 6.90. The SMILES string of the molecule is c1ccc(-c2ccc3sc4cc(-c5cc(-c6nc(-c7ccccc7)nc(-c7ccccc7)n6)cc6oc7ccccc7c56)ccc4c3c2)cc1. The molecule has 0 bridgehead atoms. The minimum atomic E-state index is 0.595. The molecule has 0 spiro atoms. The maximum absolute atomic E-state index is 6.53. The molecule has 234 valence electrons. The summed E-state index contributed by atoms with van der Waals surface area (Å²) in [6.45, 7) is 0. The molecule has 0 saturated carbocycles. The van der Waals surface area contributed by atoms with Gasteiger partial charge in [0.25, 0.3) is 0 Å². The van der Waals surface area contributed by atoms with Crippen LogP contribution in [-0.4, -0.2) is 15.0 Å². The molecule has 10 aromatic rings. The molecule has 0 aliphatic heterocycles. The van der Waals surface area contributed by atoms with Crippen molar-refractivity contribution in [1.29, 1.82) is 0 Å². The average molecular weight is 658 g/mol. The van der Waals surface area contributed by atoms with Crippen LogP contribution >= 0.6 is 11.3 Å². The van der Waals surface area contributed by atoms with Crippen molar-refractivity contribution in [3.8, 4) is 56.4 Å². The Hall–Kier alpha value is -6.43. The first-order valence-electron chi connectivity index (χ1n) is 16.6. The first-order chi connectivity index (χ1) is 24.7. The summed E-state index contributed by atoms with van der Waals surface area (Å²) < 4.78 is 9.05. The zero-order valence-electron chi connectivity index (χ0n) is 26.7. The Kier molecular flexibility index (Phi) is 6.64. The maximum Gasteiger partial charge on any atom is 0.164 e. The number of benzene rings is 7. The van der Waals surface area contributed by atoms with Crippen LogP contribution in [0.4, 0.5) is 0 Å². The lowest BCUT2D eigenvalue weighted by Crippen LogP contribution is -2.00. The Morgan fingerprint density at radius 2 is 0.960 bits per heavy atom. The highest BCUT2D eigenvalue weighted by molar-refractivity contribution is 7.25. The fourth-order valence-corrected chi connectivity index (χ4v) is 8.03. The molecule has 0 unspecified atom stereocenters. The summed E-state index contributed by atoms with van der Waals surface area (Å²) in [7, 11) is 0. The van der Waals surface area contributed by atoms with Crippen LogP contribution in [0, 0.1) is 0 Å². The minimum Gasteiger partial charge on any atom is -0.456 e. The molecule has 0 atom stereocenters. The Morgan fingerprint density at radius 1 is 0.360 bits per heavy atom. The first-order valence-corrected chi connectivity index (χ1v) is 17.4. The van der Waals surface area contributed by atoms with E-state index in [2.05, 4.69) is 91.0 Å². The number of thiophene rings is 1. The summed E-state index contributed by atoms with van der Waals surface area (Å²) in [5.74, 6) is 1.85. The predicted octanol–water partition coefficient (Wildman–Crippen LogP) is 12.5. The second-order valence-electron chi connectivity index (χ2n) is 12.4. The van der Waals surface area contributed by atoms with Crippen molar-refractivity contribution in [1.82, 2.24) is 15.0 Å².